The quantitative estimate of drug-likeness (QED) is 0.689. The Labute approximate surface area is 138 Å². The Morgan fingerprint density at radius 3 is 2.45 bits per heavy atom. The van der Waals surface area contributed by atoms with Gasteiger partial charge in [-0.05, 0) is 65.7 Å². The van der Waals surface area contributed by atoms with Crippen LogP contribution in [0.4, 0.5) is 0 Å². The number of carbonyl (C=O) groups excluding carboxylic acids is 1. The lowest BCUT2D eigenvalue weighted by Crippen LogP contribution is -2.41. The monoisotopic (exact) mass is 319 g/mol. The van der Waals surface area contributed by atoms with Gasteiger partial charge in [0.1, 0.15) is 0 Å². The number of rotatable bonds is 1. The van der Waals surface area contributed by atoms with Gasteiger partial charge in [0.15, 0.2) is 0 Å². The van der Waals surface area contributed by atoms with Crippen LogP contribution < -0.4 is 0 Å². The maximum Gasteiger partial charge on any atom is 0.209 e. The summed E-state index contributed by atoms with van der Waals surface area (Å²) in [6, 6.07) is 4.53. The minimum absolute atomic E-state index is 0.212. The highest BCUT2D eigenvalue weighted by Crippen LogP contribution is 2.57. The summed E-state index contributed by atoms with van der Waals surface area (Å²) in [6.45, 7) is 10.8. The van der Waals surface area contributed by atoms with Gasteiger partial charge in [0.25, 0.3) is 0 Å². The van der Waals surface area contributed by atoms with Crippen LogP contribution in [0.5, 0.6) is 0 Å². The molecule has 1 atom stereocenters. The van der Waals surface area contributed by atoms with Gasteiger partial charge in [-0.25, -0.2) is 0 Å². The Hall–Kier alpha value is -1.02. The largest absolute Gasteiger partial charge is 0.345 e. The highest BCUT2D eigenvalue weighted by atomic mass is 35.5. The summed E-state index contributed by atoms with van der Waals surface area (Å²) in [6.07, 6.45) is 4.31. The number of nitrogens with zero attached hydrogens (tertiary/aromatic N) is 1. The topological polar surface area (TPSA) is 20.3 Å². The minimum Gasteiger partial charge on any atom is -0.345 e. The van der Waals surface area contributed by atoms with Crippen molar-refractivity contribution in [1.82, 2.24) is 4.90 Å². The van der Waals surface area contributed by atoms with Gasteiger partial charge in [-0.3, -0.25) is 4.79 Å². The highest BCUT2D eigenvalue weighted by molar-refractivity contribution is 6.31. The van der Waals surface area contributed by atoms with Crippen molar-refractivity contribution in [2.75, 3.05) is 13.1 Å². The zero-order chi connectivity index (χ0) is 16.1. The van der Waals surface area contributed by atoms with Crippen molar-refractivity contribution in [1.29, 1.82) is 0 Å². The lowest BCUT2D eigenvalue weighted by atomic mass is 9.70. The SMILES string of the molecule is Cc1cc2c(cc1Cl)C1(CCN(C=O)CC1)CC2C(C)(C)C. The molecule has 1 unspecified atom stereocenters. The predicted octanol–water partition coefficient (Wildman–Crippen LogP) is 4.67. The molecule has 1 heterocycles. The molecule has 2 aliphatic rings. The Balaban J connectivity index is 2.06. The molecule has 1 aromatic carbocycles. The normalized spacial score (nSPS) is 23.7. The van der Waals surface area contributed by atoms with Crippen molar-refractivity contribution in [2.24, 2.45) is 5.41 Å². The molecule has 120 valence electrons. The zero-order valence-electron chi connectivity index (χ0n) is 14.1. The minimum atomic E-state index is 0.212. The van der Waals surface area contributed by atoms with Crippen molar-refractivity contribution in [3.8, 4) is 0 Å². The van der Waals surface area contributed by atoms with E-state index in [0.29, 0.717) is 5.92 Å². The molecule has 0 saturated carbocycles. The molecule has 1 spiro atoms. The van der Waals surface area contributed by atoms with Crippen LogP contribution in [0.15, 0.2) is 12.1 Å². The first kappa shape index (κ1) is 15.9. The van der Waals surface area contributed by atoms with Crippen LogP contribution in [0.2, 0.25) is 5.02 Å². The number of hydrogen-bond donors (Lipinski definition) is 0. The Morgan fingerprint density at radius 2 is 1.91 bits per heavy atom. The molecule has 3 rings (SSSR count). The van der Waals surface area contributed by atoms with E-state index in [4.69, 9.17) is 11.6 Å². The molecule has 1 saturated heterocycles. The number of piperidine rings is 1. The van der Waals surface area contributed by atoms with Crippen LogP contribution in [-0.2, 0) is 10.2 Å². The van der Waals surface area contributed by atoms with Gasteiger partial charge in [-0.15, -0.1) is 0 Å². The van der Waals surface area contributed by atoms with E-state index in [2.05, 4.69) is 39.8 Å². The van der Waals surface area contributed by atoms with E-state index in [-0.39, 0.29) is 10.8 Å². The van der Waals surface area contributed by atoms with E-state index in [9.17, 15) is 4.79 Å². The second kappa shape index (κ2) is 5.26. The van der Waals surface area contributed by atoms with E-state index in [1.807, 2.05) is 4.90 Å². The van der Waals surface area contributed by atoms with Crippen molar-refractivity contribution in [2.45, 2.75) is 58.3 Å². The number of benzene rings is 1. The fraction of sp³-hybridized carbons (Fsp3) is 0.632. The van der Waals surface area contributed by atoms with Crippen molar-refractivity contribution < 1.29 is 4.79 Å². The first-order valence-corrected chi connectivity index (χ1v) is 8.64. The standard InChI is InChI=1S/C19H26ClNO/c1-13-9-14-15(10-17(13)20)19(11-16(14)18(2,3)4)5-7-21(12-22)8-6-19/h9-10,12,16H,5-8,11H2,1-4H3. The number of carbonyl (C=O) groups is 1. The van der Waals surface area contributed by atoms with E-state index in [1.54, 1.807) is 0 Å². The molecule has 1 fully saturated rings. The van der Waals surface area contributed by atoms with Crippen LogP contribution in [0, 0.1) is 12.3 Å². The van der Waals surface area contributed by atoms with Gasteiger partial charge in [-0.1, -0.05) is 38.4 Å². The third-order valence-electron chi connectivity index (χ3n) is 5.82. The van der Waals surface area contributed by atoms with Gasteiger partial charge in [0.2, 0.25) is 6.41 Å². The van der Waals surface area contributed by atoms with Gasteiger partial charge in [0, 0.05) is 18.1 Å². The Bertz CT molecular complexity index is 594. The number of hydrogen-bond acceptors (Lipinski definition) is 1. The summed E-state index contributed by atoms with van der Waals surface area (Å²) < 4.78 is 0. The van der Waals surface area contributed by atoms with Gasteiger partial charge in [-0.2, -0.15) is 0 Å². The van der Waals surface area contributed by atoms with E-state index in [1.165, 1.54) is 23.1 Å². The number of likely N-dealkylation sites (tertiary alicyclic amines) is 1. The fourth-order valence-corrected chi connectivity index (χ4v) is 4.53. The number of amides is 1. The van der Waals surface area contributed by atoms with E-state index in [0.717, 1.165) is 37.4 Å². The zero-order valence-corrected chi connectivity index (χ0v) is 14.8. The predicted molar refractivity (Wildman–Crippen MR) is 91.6 cm³/mol. The van der Waals surface area contributed by atoms with E-state index >= 15 is 0 Å². The number of aryl methyl sites for hydroxylation is 1. The fourth-order valence-electron chi connectivity index (χ4n) is 4.37. The molecular weight excluding hydrogens is 294 g/mol. The van der Waals surface area contributed by atoms with Crippen LogP contribution in [0.3, 0.4) is 0 Å². The van der Waals surface area contributed by atoms with Crippen LogP contribution in [-0.4, -0.2) is 24.4 Å². The summed E-state index contributed by atoms with van der Waals surface area (Å²) in [5.41, 5.74) is 4.59. The highest BCUT2D eigenvalue weighted by Gasteiger charge is 2.48. The molecular formula is C19H26ClNO. The average molecular weight is 320 g/mol. The first-order chi connectivity index (χ1) is 10.3. The van der Waals surface area contributed by atoms with Gasteiger partial charge in [0.05, 0.1) is 0 Å². The molecule has 0 bridgehead atoms. The van der Waals surface area contributed by atoms with Crippen molar-refractivity contribution in [3.05, 3.63) is 33.8 Å². The third kappa shape index (κ3) is 2.46. The van der Waals surface area contributed by atoms with Crippen LogP contribution >= 0.6 is 11.6 Å². The summed E-state index contributed by atoms with van der Waals surface area (Å²) in [5.74, 6) is 0.571. The summed E-state index contributed by atoms with van der Waals surface area (Å²) >= 11 is 6.45. The van der Waals surface area contributed by atoms with E-state index < -0.39 is 0 Å². The summed E-state index contributed by atoms with van der Waals surface area (Å²) in [7, 11) is 0. The molecule has 22 heavy (non-hydrogen) atoms. The van der Waals surface area contributed by atoms with Gasteiger partial charge >= 0.3 is 0 Å². The summed E-state index contributed by atoms with van der Waals surface area (Å²) in [5, 5.41) is 0.880. The van der Waals surface area contributed by atoms with Crippen LogP contribution in [0.25, 0.3) is 0 Å². The third-order valence-corrected chi connectivity index (χ3v) is 6.23. The smallest absolute Gasteiger partial charge is 0.209 e. The first-order valence-electron chi connectivity index (χ1n) is 8.27. The molecule has 0 aromatic heterocycles. The van der Waals surface area contributed by atoms with Gasteiger partial charge < -0.3 is 4.90 Å². The second-order valence-corrected chi connectivity index (χ2v) is 8.64. The van der Waals surface area contributed by atoms with Crippen LogP contribution in [0.1, 0.15) is 62.6 Å². The lowest BCUT2D eigenvalue weighted by Gasteiger charge is -2.40. The molecule has 2 nitrogen and oxygen atoms in total. The number of fused-ring (bicyclic) bond motifs is 2. The second-order valence-electron chi connectivity index (χ2n) is 8.23. The van der Waals surface area contributed by atoms with Crippen molar-refractivity contribution in [3.63, 3.8) is 0 Å². The summed E-state index contributed by atoms with van der Waals surface area (Å²) in [4.78, 5) is 12.9. The molecule has 1 aliphatic carbocycles. The molecule has 1 amide bonds. The molecule has 3 heteroatoms. The molecule has 1 aromatic rings. The van der Waals surface area contributed by atoms with Crippen molar-refractivity contribution >= 4 is 18.0 Å². The average Bonchev–Trinajstić information content (AvgIpc) is 2.75. The Morgan fingerprint density at radius 1 is 1.27 bits per heavy atom. The molecule has 1 aliphatic heterocycles. The maximum atomic E-state index is 11.0. The lowest BCUT2D eigenvalue weighted by molar-refractivity contribution is -0.119. The number of halogens is 1. The molecule has 0 N–H and O–H groups in total. The molecule has 0 radical (unpaired) electrons. The maximum absolute atomic E-state index is 11.0. The Kier molecular flexibility index (Phi) is 3.79.